The Balaban J connectivity index is 1.46. The van der Waals surface area contributed by atoms with Gasteiger partial charge in [-0.3, -0.25) is 4.79 Å². The maximum atomic E-state index is 14.6. The average molecular weight is 552 g/mol. The number of nitrogens with zero attached hydrogens (tertiary/aromatic N) is 4. The summed E-state index contributed by atoms with van der Waals surface area (Å²) in [5.74, 6) is -3.22. The van der Waals surface area contributed by atoms with E-state index in [1.165, 1.54) is 0 Å². The van der Waals surface area contributed by atoms with Crippen molar-refractivity contribution in [1.29, 1.82) is 5.26 Å². The van der Waals surface area contributed by atoms with Crippen LogP contribution in [0.2, 0.25) is 0 Å². The van der Waals surface area contributed by atoms with Crippen molar-refractivity contribution in [3.8, 4) is 6.07 Å². The zero-order valence-electron chi connectivity index (χ0n) is 22.1. The third kappa shape index (κ3) is 5.67. The summed E-state index contributed by atoms with van der Waals surface area (Å²) in [6.45, 7) is 3.76. The van der Waals surface area contributed by atoms with Crippen molar-refractivity contribution in [2.24, 2.45) is 0 Å². The molecule has 210 valence electrons. The summed E-state index contributed by atoms with van der Waals surface area (Å²) in [4.78, 5) is 39.7. The maximum absolute atomic E-state index is 14.6. The SMILES string of the molecule is CCC1=C(C(=O)O)C(c2ccc(F)cc2F)NC(=O)N1N(C=O)CCCN1CCC(C#N)(c2ccccc2)CC1. The van der Waals surface area contributed by atoms with Crippen LogP contribution in [0.5, 0.6) is 0 Å². The molecule has 1 fully saturated rings. The summed E-state index contributed by atoms with van der Waals surface area (Å²) in [5.41, 5.74) is 0.0188. The number of likely N-dealkylation sites (tertiary alicyclic amines) is 1. The van der Waals surface area contributed by atoms with Gasteiger partial charge in [-0.05, 0) is 56.9 Å². The first-order valence-corrected chi connectivity index (χ1v) is 13.2. The van der Waals surface area contributed by atoms with Crippen LogP contribution in [-0.4, -0.2) is 64.6 Å². The van der Waals surface area contributed by atoms with E-state index in [1.54, 1.807) is 6.92 Å². The number of piperidine rings is 1. The lowest BCUT2D eigenvalue weighted by Crippen LogP contribution is -2.55. The first kappa shape index (κ1) is 28.7. The number of benzene rings is 2. The number of carbonyl (C=O) groups is 3. The highest BCUT2D eigenvalue weighted by atomic mass is 19.1. The van der Waals surface area contributed by atoms with Gasteiger partial charge in [-0.25, -0.2) is 28.4 Å². The molecule has 2 aliphatic rings. The molecule has 3 amide bonds. The van der Waals surface area contributed by atoms with Crippen LogP contribution in [0.1, 0.15) is 49.8 Å². The minimum atomic E-state index is -1.39. The molecule has 1 atom stereocenters. The van der Waals surface area contributed by atoms with Gasteiger partial charge in [-0.15, -0.1) is 0 Å². The van der Waals surface area contributed by atoms with E-state index >= 15 is 0 Å². The molecular formula is C29H31F2N5O4. The number of carboxylic acids is 1. The molecule has 0 spiro atoms. The van der Waals surface area contributed by atoms with E-state index in [0.717, 1.165) is 27.7 Å². The number of hydrazine groups is 1. The Hall–Kier alpha value is -4.30. The van der Waals surface area contributed by atoms with Gasteiger partial charge in [0.2, 0.25) is 6.41 Å². The van der Waals surface area contributed by atoms with Crippen LogP contribution in [0, 0.1) is 23.0 Å². The van der Waals surface area contributed by atoms with Crippen LogP contribution < -0.4 is 5.32 Å². The maximum Gasteiger partial charge on any atom is 0.341 e. The van der Waals surface area contributed by atoms with Gasteiger partial charge in [0.25, 0.3) is 0 Å². The molecule has 2 heterocycles. The van der Waals surface area contributed by atoms with E-state index in [2.05, 4.69) is 16.3 Å². The second kappa shape index (κ2) is 12.3. The third-order valence-electron chi connectivity index (χ3n) is 7.64. The Labute approximate surface area is 231 Å². The molecule has 0 radical (unpaired) electrons. The fourth-order valence-corrected chi connectivity index (χ4v) is 5.52. The van der Waals surface area contributed by atoms with E-state index in [1.807, 2.05) is 30.3 Å². The zero-order chi connectivity index (χ0) is 28.9. The van der Waals surface area contributed by atoms with Crippen molar-refractivity contribution in [3.63, 3.8) is 0 Å². The van der Waals surface area contributed by atoms with E-state index < -0.39 is 35.1 Å². The molecule has 40 heavy (non-hydrogen) atoms. The van der Waals surface area contributed by atoms with Gasteiger partial charge < -0.3 is 15.3 Å². The molecule has 1 unspecified atom stereocenters. The number of urea groups is 1. The molecule has 9 nitrogen and oxygen atoms in total. The van der Waals surface area contributed by atoms with Crippen LogP contribution in [0.4, 0.5) is 13.6 Å². The molecule has 2 N–H and O–H groups in total. The van der Waals surface area contributed by atoms with Crippen LogP contribution in [0.3, 0.4) is 0 Å². The highest BCUT2D eigenvalue weighted by molar-refractivity contribution is 5.94. The fourth-order valence-electron chi connectivity index (χ4n) is 5.52. The fraction of sp³-hybridized carbons (Fsp3) is 0.379. The summed E-state index contributed by atoms with van der Waals surface area (Å²) in [6.07, 6.45) is 2.36. The van der Waals surface area contributed by atoms with Crippen molar-refractivity contribution in [2.75, 3.05) is 26.2 Å². The molecule has 11 heteroatoms. The van der Waals surface area contributed by atoms with Crippen LogP contribution >= 0.6 is 0 Å². The van der Waals surface area contributed by atoms with Crippen molar-refractivity contribution >= 4 is 18.4 Å². The number of hydrogen-bond donors (Lipinski definition) is 2. The van der Waals surface area contributed by atoms with Crippen molar-refractivity contribution in [2.45, 2.75) is 44.1 Å². The van der Waals surface area contributed by atoms with Gasteiger partial charge in [-0.2, -0.15) is 5.26 Å². The number of rotatable bonds is 10. The predicted octanol–water partition coefficient (Wildman–Crippen LogP) is 4.10. The van der Waals surface area contributed by atoms with Crippen molar-refractivity contribution < 1.29 is 28.3 Å². The summed E-state index contributed by atoms with van der Waals surface area (Å²) in [6, 6.07) is 12.8. The molecule has 0 saturated carbocycles. The number of nitrogens with one attached hydrogen (secondary N) is 1. The number of nitriles is 1. The van der Waals surface area contributed by atoms with Gasteiger partial charge >= 0.3 is 12.0 Å². The van der Waals surface area contributed by atoms with Gasteiger partial charge in [0.15, 0.2) is 0 Å². The predicted molar refractivity (Wildman–Crippen MR) is 141 cm³/mol. The lowest BCUT2D eigenvalue weighted by molar-refractivity contribution is -0.135. The molecule has 2 aliphatic heterocycles. The highest BCUT2D eigenvalue weighted by Gasteiger charge is 2.40. The van der Waals surface area contributed by atoms with Crippen molar-refractivity contribution in [1.82, 2.24) is 20.2 Å². The number of aliphatic carboxylic acids is 1. The average Bonchev–Trinajstić information content (AvgIpc) is 2.96. The monoisotopic (exact) mass is 551 g/mol. The van der Waals surface area contributed by atoms with Crippen LogP contribution in [0.15, 0.2) is 59.8 Å². The number of hydrogen-bond acceptors (Lipinski definition) is 5. The van der Waals surface area contributed by atoms with E-state index in [0.29, 0.717) is 51.4 Å². The lowest BCUT2D eigenvalue weighted by atomic mass is 9.74. The van der Waals surface area contributed by atoms with Crippen LogP contribution in [0.25, 0.3) is 0 Å². The molecular weight excluding hydrogens is 520 g/mol. The minimum Gasteiger partial charge on any atom is -0.478 e. The Morgan fingerprint density at radius 1 is 1.23 bits per heavy atom. The molecule has 2 aromatic carbocycles. The van der Waals surface area contributed by atoms with Gasteiger partial charge in [0, 0.05) is 18.2 Å². The summed E-state index contributed by atoms with van der Waals surface area (Å²) >= 11 is 0. The second-order valence-corrected chi connectivity index (χ2v) is 9.90. The Morgan fingerprint density at radius 2 is 1.93 bits per heavy atom. The van der Waals surface area contributed by atoms with Crippen molar-refractivity contribution in [3.05, 3.63) is 82.6 Å². The number of carboxylic acid groups (broad SMARTS) is 1. The first-order chi connectivity index (χ1) is 19.2. The van der Waals surface area contributed by atoms with Gasteiger partial charge in [0.05, 0.1) is 28.8 Å². The molecule has 4 rings (SSSR count). The molecule has 0 aliphatic carbocycles. The third-order valence-corrected chi connectivity index (χ3v) is 7.64. The second-order valence-electron chi connectivity index (χ2n) is 9.90. The number of carbonyl (C=O) groups excluding carboxylic acids is 2. The molecule has 2 aromatic rings. The molecule has 0 bridgehead atoms. The van der Waals surface area contributed by atoms with Gasteiger partial charge in [-0.1, -0.05) is 43.3 Å². The largest absolute Gasteiger partial charge is 0.478 e. The minimum absolute atomic E-state index is 0.0386. The normalized spacial score (nSPS) is 19.1. The summed E-state index contributed by atoms with van der Waals surface area (Å²) < 4.78 is 28.0. The quantitative estimate of drug-likeness (QED) is 0.430. The lowest BCUT2D eigenvalue weighted by Gasteiger charge is -2.41. The van der Waals surface area contributed by atoms with E-state index in [4.69, 9.17) is 0 Å². The topological polar surface area (TPSA) is 117 Å². The number of allylic oxidation sites excluding steroid dienone is 1. The standard InChI is InChI=1S/C29H31F2N5O4/c1-2-24-25(27(38)39)26(22-10-9-21(30)17-23(22)31)33-28(40)36(24)35(19-37)14-6-13-34-15-11-29(18-32,12-16-34)20-7-4-3-5-8-20/h3-5,7-10,17,19,26H,2,6,11-16H2,1H3,(H,33,40)(H,38,39). The Bertz CT molecular complexity index is 1340. The summed E-state index contributed by atoms with van der Waals surface area (Å²) in [7, 11) is 0. The number of halogens is 2. The van der Waals surface area contributed by atoms with Crippen LogP contribution in [-0.2, 0) is 15.0 Å². The smallest absolute Gasteiger partial charge is 0.341 e. The van der Waals surface area contributed by atoms with E-state index in [-0.39, 0.29) is 29.8 Å². The zero-order valence-corrected chi connectivity index (χ0v) is 22.1. The molecule has 0 aromatic heterocycles. The van der Waals surface area contributed by atoms with E-state index in [9.17, 15) is 33.5 Å². The van der Waals surface area contributed by atoms with Gasteiger partial charge in [0.1, 0.15) is 11.6 Å². The Morgan fingerprint density at radius 3 is 2.50 bits per heavy atom. The number of amides is 3. The highest BCUT2D eigenvalue weighted by Crippen LogP contribution is 2.36. The summed E-state index contributed by atoms with van der Waals surface area (Å²) in [5, 5.41) is 24.5. The Kier molecular flexibility index (Phi) is 8.80. The molecule has 1 saturated heterocycles. The first-order valence-electron chi connectivity index (χ1n) is 13.2.